The standard InChI is InChI=1S/C13H13BrN2OS/c14-10-6-12(18-8-10)5-9(7-15)13(17)16-11-3-1-2-4-11/h5-6,8,11H,1-4H2,(H,16,17). The van der Waals surface area contributed by atoms with Crippen LogP contribution in [0.1, 0.15) is 30.6 Å². The van der Waals surface area contributed by atoms with E-state index in [0.29, 0.717) is 0 Å². The Balaban J connectivity index is 2.06. The summed E-state index contributed by atoms with van der Waals surface area (Å²) in [5.41, 5.74) is 0.177. The fourth-order valence-electron chi connectivity index (χ4n) is 2.03. The first-order chi connectivity index (χ1) is 8.69. The highest BCUT2D eigenvalue weighted by Crippen LogP contribution is 2.22. The van der Waals surface area contributed by atoms with E-state index in [4.69, 9.17) is 5.26 Å². The highest BCUT2D eigenvalue weighted by atomic mass is 79.9. The highest BCUT2D eigenvalue weighted by Gasteiger charge is 2.19. The van der Waals surface area contributed by atoms with E-state index in [0.717, 1.165) is 35.0 Å². The van der Waals surface area contributed by atoms with Crippen molar-refractivity contribution in [3.05, 3.63) is 26.4 Å². The first-order valence-corrected chi connectivity index (χ1v) is 7.53. The molecule has 1 aromatic heterocycles. The van der Waals surface area contributed by atoms with E-state index in [1.165, 1.54) is 11.3 Å². The maximum absolute atomic E-state index is 11.9. The molecule has 1 amide bonds. The lowest BCUT2D eigenvalue weighted by Crippen LogP contribution is -2.33. The van der Waals surface area contributed by atoms with Gasteiger partial charge in [0.25, 0.3) is 5.91 Å². The second-order valence-corrected chi connectivity index (χ2v) is 6.15. The predicted octanol–water partition coefficient (Wildman–Crippen LogP) is 3.48. The summed E-state index contributed by atoms with van der Waals surface area (Å²) in [5, 5.41) is 13.9. The van der Waals surface area contributed by atoms with Crippen molar-refractivity contribution in [3.63, 3.8) is 0 Å². The van der Waals surface area contributed by atoms with E-state index in [2.05, 4.69) is 21.2 Å². The van der Waals surface area contributed by atoms with Crippen molar-refractivity contribution in [2.24, 2.45) is 0 Å². The largest absolute Gasteiger partial charge is 0.349 e. The lowest BCUT2D eigenvalue weighted by atomic mass is 10.2. The lowest BCUT2D eigenvalue weighted by molar-refractivity contribution is -0.117. The molecule has 1 saturated carbocycles. The number of carbonyl (C=O) groups is 1. The molecular formula is C13H13BrN2OS. The summed E-state index contributed by atoms with van der Waals surface area (Å²) in [7, 11) is 0. The van der Waals surface area contributed by atoms with Gasteiger partial charge in [-0.2, -0.15) is 5.26 Å². The molecule has 1 heterocycles. The zero-order chi connectivity index (χ0) is 13.0. The number of thiophene rings is 1. The van der Waals surface area contributed by atoms with Crippen LogP contribution in [-0.4, -0.2) is 11.9 Å². The topological polar surface area (TPSA) is 52.9 Å². The molecule has 18 heavy (non-hydrogen) atoms. The van der Waals surface area contributed by atoms with Crippen LogP contribution in [0.3, 0.4) is 0 Å². The van der Waals surface area contributed by atoms with Crippen molar-refractivity contribution in [3.8, 4) is 6.07 Å². The Bertz CT molecular complexity index is 509. The Morgan fingerprint density at radius 2 is 2.28 bits per heavy atom. The second kappa shape index (κ2) is 6.17. The number of nitrogens with zero attached hydrogens (tertiary/aromatic N) is 1. The Hall–Kier alpha value is -1.12. The summed E-state index contributed by atoms with van der Waals surface area (Å²) in [4.78, 5) is 12.8. The van der Waals surface area contributed by atoms with E-state index in [-0.39, 0.29) is 17.5 Å². The molecule has 0 atom stereocenters. The smallest absolute Gasteiger partial charge is 0.262 e. The molecule has 1 aromatic rings. The molecule has 0 bridgehead atoms. The number of hydrogen-bond acceptors (Lipinski definition) is 3. The van der Waals surface area contributed by atoms with Crippen molar-refractivity contribution < 1.29 is 4.79 Å². The fraction of sp³-hybridized carbons (Fsp3) is 0.385. The van der Waals surface area contributed by atoms with Crippen LogP contribution in [0.4, 0.5) is 0 Å². The monoisotopic (exact) mass is 324 g/mol. The molecule has 0 radical (unpaired) electrons. The number of amides is 1. The summed E-state index contributed by atoms with van der Waals surface area (Å²) in [6.07, 6.45) is 6.01. The number of halogens is 1. The van der Waals surface area contributed by atoms with Gasteiger partial charge in [-0.3, -0.25) is 4.79 Å². The molecule has 0 saturated heterocycles. The third kappa shape index (κ3) is 3.44. The van der Waals surface area contributed by atoms with Crippen LogP contribution in [-0.2, 0) is 4.79 Å². The maximum atomic E-state index is 11.9. The SMILES string of the molecule is N#CC(=Cc1cc(Br)cs1)C(=O)NC1CCCC1. The molecule has 1 aliphatic rings. The van der Waals surface area contributed by atoms with Gasteiger partial charge in [0.2, 0.25) is 0 Å². The zero-order valence-corrected chi connectivity index (χ0v) is 12.2. The molecule has 0 spiro atoms. The molecule has 0 unspecified atom stereocenters. The van der Waals surface area contributed by atoms with E-state index in [1.807, 2.05) is 17.5 Å². The van der Waals surface area contributed by atoms with Crippen molar-refractivity contribution in [2.75, 3.05) is 0 Å². The van der Waals surface area contributed by atoms with Crippen molar-refractivity contribution in [2.45, 2.75) is 31.7 Å². The van der Waals surface area contributed by atoms with Gasteiger partial charge in [-0.1, -0.05) is 12.8 Å². The number of rotatable bonds is 3. The first-order valence-electron chi connectivity index (χ1n) is 5.86. The molecule has 1 N–H and O–H groups in total. The quantitative estimate of drug-likeness (QED) is 0.683. The molecule has 5 heteroatoms. The van der Waals surface area contributed by atoms with Crippen molar-refractivity contribution in [1.82, 2.24) is 5.32 Å². The third-order valence-electron chi connectivity index (χ3n) is 2.93. The van der Waals surface area contributed by atoms with Gasteiger partial charge in [-0.05, 0) is 40.9 Å². The Morgan fingerprint density at radius 3 is 2.83 bits per heavy atom. The zero-order valence-electron chi connectivity index (χ0n) is 9.78. The van der Waals surface area contributed by atoms with Crippen molar-refractivity contribution in [1.29, 1.82) is 5.26 Å². The van der Waals surface area contributed by atoms with Gasteiger partial charge < -0.3 is 5.32 Å². The van der Waals surface area contributed by atoms with Gasteiger partial charge in [0.15, 0.2) is 0 Å². The Labute approximate surface area is 119 Å². The van der Waals surface area contributed by atoms with Crippen molar-refractivity contribution >= 4 is 39.2 Å². The molecule has 1 fully saturated rings. The number of nitriles is 1. The average molecular weight is 325 g/mol. The summed E-state index contributed by atoms with van der Waals surface area (Å²) in [6.45, 7) is 0. The minimum Gasteiger partial charge on any atom is -0.349 e. The van der Waals surface area contributed by atoms with Crippen LogP contribution < -0.4 is 5.32 Å². The van der Waals surface area contributed by atoms with Gasteiger partial charge in [0.05, 0.1) is 0 Å². The van der Waals surface area contributed by atoms with Gasteiger partial charge >= 0.3 is 0 Å². The Kier molecular flexibility index (Phi) is 4.56. The minimum absolute atomic E-state index is 0.177. The number of nitrogens with one attached hydrogen (secondary N) is 1. The highest BCUT2D eigenvalue weighted by molar-refractivity contribution is 9.10. The van der Waals surface area contributed by atoms with E-state index >= 15 is 0 Å². The van der Waals surface area contributed by atoms with Crippen LogP contribution in [0.5, 0.6) is 0 Å². The normalized spacial score (nSPS) is 16.6. The molecule has 3 nitrogen and oxygen atoms in total. The molecular weight excluding hydrogens is 312 g/mol. The van der Waals surface area contributed by atoms with Gasteiger partial charge in [0.1, 0.15) is 11.6 Å². The summed E-state index contributed by atoms with van der Waals surface area (Å²) >= 11 is 4.85. The first kappa shape index (κ1) is 13.3. The minimum atomic E-state index is -0.256. The van der Waals surface area contributed by atoms with Crippen LogP contribution in [0.15, 0.2) is 21.5 Å². The van der Waals surface area contributed by atoms with E-state index < -0.39 is 0 Å². The molecule has 0 aliphatic heterocycles. The average Bonchev–Trinajstić information content (AvgIpc) is 2.97. The number of carbonyl (C=O) groups excluding carboxylic acids is 1. The fourth-order valence-corrected chi connectivity index (χ4v) is 3.40. The van der Waals surface area contributed by atoms with Crippen LogP contribution >= 0.6 is 27.3 Å². The van der Waals surface area contributed by atoms with Gasteiger partial charge in [-0.25, -0.2) is 0 Å². The van der Waals surface area contributed by atoms with Gasteiger partial charge in [-0.15, -0.1) is 11.3 Å². The van der Waals surface area contributed by atoms with Crippen LogP contribution in [0.2, 0.25) is 0 Å². The molecule has 94 valence electrons. The predicted molar refractivity (Wildman–Crippen MR) is 76.0 cm³/mol. The molecule has 1 aliphatic carbocycles. The van der Waals surface area contributed by atoms with E-state index in [9.17, 15) is 4.79 Å². The molecule has 0 aromatic carbocycles. The number of hydrogen-bond donors (Lipinski definition) is 1. The van der Waals surface area contributed by atoms with Crippen LogP contribution in [0.25, 0.3) is 6.08 Å². The summed E-state index contributed by atoms with van der Waals surface area (Å²) < 4.78 is 0.965. The summed E-state index contributed by atoms with van der Waals surface area (Å²) in [6, 6.07) is 4.11. The van der Waals surface area contributed by atoms with Crippen LogP contribution in [0, 0.1) is 11.3 Å². The van der Waals surface area contributed by atoms with E-state index in [1.54, 1.807) is 6.08 Å². The summed E-state index contributed by atoms with van der Waals surface area (Å²) in [5.74, 6) is -0.256. The maximum Gasteiger partial charge on any atom is 0.262 e. The lowest BCUT2D eigenvalue weighted by Gasteiger charge is -2.10. The third-order valence-corrected chi connectivity index (χ3v) is 4.57. The molecule has 2 rings (SSSR count). The van der Waals surface area contributed by atoms with Gasteiger partial charge in [0, 0.05) is 20.8 Å². The Morgan fingerprint density at radius 1 is 1.56 bits per heavy atom. The second-order valence-electron chi connectivity index (χ2n) is 4.29.